The third-order valence-electron chi connectivity index (χ3n) is 4.86. The van der Waals surface area contributed by atoms with E-state index in [1.807, 2.05) is 31.2 Å². The van der Waals surface area contributed by atoms with Gasteiger partial charge in [0.05, 0.1) is 17.5 Å². The second-order valence-electron chi connectivity index (χ2n) is 7.46. The normalized spacial score (nSPS) is 11.3. The maximum absolute atomic E-state index is 12.8. The number of carbonyl (C=O) groups excluding carboxylic acids is 1. The lowest BCUT2D eigenvalue weighted by molar-refractivity contribution is -0.137. The third kappa shape index (κ3) is 5.51. The molecule has 10 nitrogen and oxygen atoms in total. The van der Waals surface area contributed by atoms with Gasteiger partial charge in [-0.25, -0.2) is 14.5 Å². The van der Waals surface area contributed by atoms with Gasteiger partial charge >= 0.3 is 12.1 Å². The van der Waals surface area contributed by atoms with Crippen molar-refractivity contribution in [1.29, 1.82) is 0 Å². The molecule has 35 heavy (non-hydrogen) atoms. The highest BCUT2D eigenvalue weighted by Gasteiger charge is 2.31. The predicted molar refractivity (Wildman–Crippen MR) is 119 cm³/mol. The number of anilines is 3. The highest BCUT2D eigenvalue weighted by Crippen LogP contribution is 2.29. The number of carbonyl (C=O) groups is 1. The Morgan fingerprint density at radius 2 is 1.80 bits per heavy atom. The number of nitrogen functional groups attached to an aromatic ring is 1. The van der Waals surface area contributed by atoms with Crippen molar-refractivity contribution in [2.75, 3.05) is 11.1 Å². The largest absolute Gasteiger partial charge is 0.454 e. The van der Waals surface area contributed by atoms with Crippen molar-refractivity contribution in [3.8, 4) is 5.82 Å². The van der Waals surface area contributed by atoms with Crippen LogP contribution in [-0.2, 0) is 17.5 Å². The molecule has 3 N–H and O–H groups in total. The quantitative estimate of drug-likeness (QED) is 0.392. The van der Waals surface area contributed by atoms with Crippen LogP contribution in [0.5, 0.6) is 0 Å². The van der Waals surface area contributed by atoms with E-state index in [1.54, 1.807) is 6.92 Å². The third-order valence-corrected chi connectivity index (χ3v) is 4.86. The number of hydrogen-bond donors (Lipinski definition) is 2. The van der Waals surface area contributed by atoms with E-state index >= 15 is 0 Å². The first-order valence-corrected chi connectivity index (χ1v) is 10.2. The molecule has 0 saturated heterocycles. The Hall–Kier alpha value is -4.55. The number of nitrogens with zero attached hydrogens (tertiary/aromatic N) is 6. The number of ether oxygens (including phenoxy) is 1. The maximum atomic E-state index is 12.8. The minimum absolute atomic E-state index is 0.0574. The number of halogens is 3. The highest BCUT2D eigenvalue weighted by molar-refractivity contribution is 5.90. The van der Waals surface area contributed by atoms with E-state index < -0.39 is 17.7 Å². The summed E-state index contributed by atoms with van der Waals surface area (Å²) < 4.78 is 44.8. The number of nitrogens with two attached hydrogens (primary N) is 1. The van der Waals surface area contributed by atoms with Crippen LogP contribution in [0.1, 0.15) is 33.0 Å². The predicted octanol–water partition coefficient (Wildman–Crippen LogP) is 3.77. The molecule has 13 heteroatoms. The van der Waals surface area contributed by atoms with Gasteiger partial charge in [-0.1, -0.05) is 17.7 Å². The Morgan fingerprint density at radius 3 is 2.46 bits per heavy atom. The summed E-state index contributed by atoms with van der Waals surface area (Å²) >= 11 is 0. The summed E-state index contributed by atoms with van der Waals surface area (Å²) in [4.78, 5) is 28.6. The van der Waals surface area contributed by atoms with Crippen LogP contribution in [0.3, 0.4) is 0 Å². The molecule has 0 bridgehead atoms. The lowest BCUT2D eigenvalue weighted by Crippen LogP contribution is -2.12. The summed E-state index contributed by atoms with van der Waals surface area (Å²) in [7, 11) is 0. The van der Waals surface area contributed by atoms with Crippen molar-refractivity contribution in [2.24, 2.45) is 0 Å². The van der Waals surface area contributed by atoms with Crippen molar-refractivity contribution in [1.82, 2.24) is 29.7 Å². The summed E-state index contributed by atoms with van der Waals surface area (Å²) in [5.74, 6) is -0.364. The number of aromatic nitrogens is 6. The number of alkyl halides is 3. The first-order valence-electron chi connectivity index (χ1n) is 10.2. The molecule has 0 aliphatic heterocycles. The van der Waals surface area contributed by atoms with Crippen molar-refractivity contribution in [3.05, 3.63) is 77.0 Å². The summed E-state index contributed by atoms with van der Waals surface area (Å²) in [6, 6.07) is 9.57. The van der Waals surface area contributed by atoms with E-state index in [4.69, 9.17) is 10.5 Å². The van der Waals surface area contributed by atoms with Gasteiger partial charge in [0, 0.05) is 11.9 Å². The molecule has 0 fully saturated rings. The second kappa shape index (κ2) is 9.37. The van der Waals surface area contributed by atoms with Gasteiger partial charge < -0.3 is 15.8 Å². The fourth-order valence-corrected chi connectivity index (χ4v) is 3.05. The fourth-order valence-electron chi connectivity index (χ4n) is 3.05. The number of nitrogens with one attached hydrogen (secondary N) is 1. The molecule has 4 rings (SSSR count). The van der Waals surface area contributed by atoms with Crippen LogP contribution in [0.25, 0.3) is 5.82 Å². The number of esters is 1. The monoisotopic (exact) mass is 484 g/mol. The maximum Gasteiger partial charge on any atom is 0.417 e. The van der Waals surface area contributed by atoms with E-state index in [1.165, 1.54) is 10.9 Å². The molecule has 0 atom stereocenters. The van der Waals surface area contributed by atoms with Crippen molar-refractivity contribution in [3.63, 3.8) is 0 Å². The van der Waals surface area contributed by atoms with Crippen LogP contribution in [0.15, 0.2) is 48.8 Å². The molecular weight excluding hydrogens is 465 g/mol. The molecule has 3 aromatic heterocycles. The molecule has 180 valence electrons. The van der Waals surface area contributed by atoms with E-state index in [0.717, 1.165) is 23.4 Å². The van der Waals surface area contributed by atoms with E-state index in [0.29, 0.717) is 11.9 Å². The lowest BCUT2D eigenvalue weighted by Gasteiger charge is -2.09. The Kier molecular flexibility index (Phi) is 6.32. The Morgan fingerprint density at radius 1 is 1.06 bits per heavy atom. The van der Waals surface area contributed by atoms with Gasteiger partial charge in [0.25, 0.3) is 0 Å². The molecule has 3 heterocycles. The summed E-state index contributed by atoms with van der Waals surface area (Å²) in [5.41, 5.74) is 7.13. The zero-order valence-electron chi connectivity index (χ0n) is 18.5. The topological polar surface area (TPSA) is 134 Å². The Balaban J connectivity index is 1.45. The van der Waals surface area contributed by atoms with Gasteiger partial charge in [0.2, 0.25) is 11.9 Å². The molecule has 0 spiro atoms. The number of hydrogen-bond acceptors (Lipinski definition) is 9. The summed E-state index contributed by atoms with van der Waals surface area (Å²) in [5, 5.41) is 7.04. The molecule has 0 amide bonds. The van der Waals surface area contributed by atoms with Crippen LogP contribution in [0.2, 0.25) is 0 Å². The SMILES string of the molecule is Cc1ccc(Nc2nc(N)nc(COC(=O)c3cnn(-c4ccc(C(F)(F)F)cn4)c3C)n2)cc1. The average molecular weight is 484 g/mol. The van der Waals surface area contributed by atoms with Gasteiger partial charge in [0.1, 0.15) is 5.56 Å². The number of rotatable bonds is 6. The number of benzene rings is 1. The highest BCUT2D eigenvalue weighted by atomic mass is 19.4. The first kappa shape index (κ1) is 23.6. The first-order chi connectivity index (χ1) is 16.6. The van der Waals surface area contributed by atoms with E-state index in [2.05, 4.69) is 30.4 Å². The van der Waals surface area contributed by atoms with Crippen LogP contribution in [0, 0.1) is 13.8 Å². The van der Waals surface area contributed by atoms with Gasteiger partial charge in [0.15, 0.2) is 18.2 Å². The van der Waals surface area contributed by atoms with Crippen molar-refractivity contribution >= 4 is 23.6 Å². The van der Waals surface area contributed by atoms with Crippen LogP contribution >= 0.6 is 0 Å². The van der Waals surface area contributed by atoms with Gasteiger partial charge in [-0.15, -0.1) is 0 Å². The summed E-state index contributed by atoms with van der Waals surface area (Å²) in [6.07, 6.45) is -2.57. The minimum atomic E-state index is -4.51. The lowest BCUT2D eigenvalue weighted by atomic mass is 10.2. The zero-order valence-corrected chi connectivity index (χ0v) is 18.5. The average Bonchev–Trinajstić information content (AvgIpc) is 3.19. The molecule has 1 aromatic carbocycles. The van der Waals surface area contributed by atoms with Gasteiger partial charge in [-0.05, 0) is 38.1 Å². The summed E-state index contributed by atoms with van der Waals surface area (Å²) in [6.45, 7) is 3.23. The van der Waals surface area contributed by atoms with Gasteiger partial charge in [-0.3, -0.25) is 0 Å². The molecule has 0 radical (unpaired) electrons. The smallest absolute Gasteiger partial charge is 0.417 e. The minimum Gasteiger partial charge on any atom is -0.454 e. The Labute approximate surface area is 197 Å². The Bertz CT molecular complexity index is 1350. The van der Waals surface area contributed by atoms with Crippen LogP contribution < -0.4 is 11.1 Å². The molecule has 0 aliphatic carbocycles. The van der Waals surface area contributed by atoms with Crippen molar-refractivity contribution in [2.45, 2.75) is 26.6 Å². The standard InChI is InChI=1S/C22H19F3N8O2/c1-12-3-6-15(7-4-12)29-21-31-17(30-20(26)32-21)11-35-19(34)16-10-28-33(13(16)2)18-8-5-14(9-27-18)22(23,24)25/h3-10H,11H2,1-2H3,(H3,26,29,30,31,32). The molecular formula is C22H19F3N8O2. The van der Waals surface area contributed by atoms with Crippen LogP contribution in [-0.4, -0.2) is 35.7 Å². The molecule has 4 aromatic rings. The van der Waals surface area contributed by atoms with Crippen LogP contribution in [0.4, 0.5) is 30.8 Å². The molecule has 0 aliphatic rings. The molecule has 0 saturated carbocycles. The zero-order chi connectivity index (χ0) is 25.2. The van der Waals surface area contributed by atoms with Gasteiger partial charge in [-0.2, -0.15) is 33.2 Å². The number of aryl methyl sites for hydroxylation is 1. The second-order valence-corrected chi connectivity index (χ2v) is 7.46. The van der Waals surface area contributed by atoms with E-state index in [9.17, 15) is 18.0 Å². The number of pyridine rings is 1. The molecule has 0 unspecified atom stereocenters. The van der Waals surface area contributed by atoms with Crippen molar-refractivity contribution < 1.29 is 22.7 Å². The fraction of sp³-hybridized carbons (Fsp3) is 0.182. The van der Waals surface area contributed by atoms with E-state index in [-0.39, 0.29) is 35.7 Å².